The first-order valence-electron chi connectivity index (χ1n) is 8.67. The molecule has 0 unspecified atom stereocenters. The molecule has 2 rings (SSSR count). The van der Waals surface area contributed by atoms with Crippen LogP contribution in [0.5, 0.6) is 5.75 Å². The maximum absolute atomic E-state index is 12.2. The Bertz CT molecular complexity index is 757. The number of nitrogens with one attached hydrogen (secondary N) is 1. The van der Waals surface area contributed by atoms with Crippen LogP contribution < -0.4 is 10.1 Å². The maximum Gasteiger partial charge on any atom is 0.330 e. The number of hydrogen-bond donors (Lipinski definition) is 1. The highest BCUT2D eigenvalue weighted by molar-refractivity contribution is 6.30. The van der Waals surface area contributed by atoms with Crippen molar-refractivity contribution in [3.05, 3.63) is 71.8 Å². The van der Waals surface area contributed by atoms with Crippen LogP contribution in [0, 0.1) is 0 Å². The maximum atomic E-state index is 12.2. The second-order valence-corrected chi connectivity index (χ2v) is 6.20. The Hall–Kier alpha value is -2.79. The van der Waals surface area contributed by atoms with Crippen molar-refractivity contribution in [3.8, 4) is 5.75 Å². The number of unbranched alkanes of at least 4 members (excludes halogenated alkanes) is 2. The van der Waals surface area contributed by atoms with Crippen molar-refractivity contribution < 1.29 is 19.1 Å². The van der Waals surface area contributed by atoms with Gasteiger partial charge in [-0.2, -0.15) is 0 Å². The standard InChI is InChI=1S/C21H22ClNO4/c1-2-20(24)27-15-5-3-4-14-26-19-12-6-16(7-13-19)21(25)23-18-10-8-17(22)9-11-18/h2,6-13H,1,3-5,14-15H2,(H,23,25). The fourth-order valence-corrected chi connectivity index (χ4v) is 2.37. The van der Waals surface area contributed by atoms with Crippen molar-refractivity contribution in [3.63, 3.8) is 0 Å². The number of anilines is 1. The van der Waals surface area contributed by atoms with Crippen molar-refractivity contribution in [2.75, 3.05) is 18.5 Å². The van der Waals surface area contributed by atoms with Gasteiger partial charge in [0, 0.05) is 22.3 Å². The lowest BCUT2D eigenvalue weighted by atomic mass is 10.2. The molecule has 0 aliphatic carbocycles. The molecule has 0 aromatic heterocycles. The minimum atomic E-state index is -0.397. The average molecular weight is 388 g/mol. The van der Waals surface area contributed by atoms with Gasteiger partial charge in [0.15, 0.2) is 0 Å². The van der Waals surface area contributed by atoms with Crippen LogP contribution in [0.25, 0.3) is 0 Å². The van der Waals surface area contributed by atoms with Crippen LogP contribution in [-0.2, 0) is 9.53 Å². The highest BCUT2D eigenvalue weighted by Crippen LogP contribution is 2.16. The van der Waals surface area contributed by atoms with Gasteiger partial charge in [-0.15, -0.1) is 0 Å². The molecular formula is C21H22ClNO4. The van der Waals surface area contributed by atoms with E-state index in [1.165, 1.54) is 0 Å². The zero-order chi connectivity index (χ0) is 19.5. The predicted octanol–water partition coefficient (Wildman–Crippen LogP) is 4.87. The second kappa shape index (κ2) is 11.0. The van der Waals surface area contributed by atoms with Crippen molar-refractivity contribution in [1.82, 2.24) is 0 Å². The lowest BCUT2D eigenvalue weighted by Gasteiger charge is -2.08. The number of rotatable bonds is 10. The molecule has 2 aromatic carbocycles. The van der Waals surface area contributed by atoms with Gasteiger partial charge in [0.1, 0.15) is 5.75 Å². The number of carbonyl (C=O) groups excluding carboxylic acids is 2. The van der Waals surface area contributed by atoms with E-state index in [1.54, 1.807) is 48.5 Å². The smallest absolute Gasteiger partial charge is 0.330 e. The van der Waals surface area contributed by atoms with Crippen LogP contribution in [0.2, 0.25) is 5.02 Å². The van der Waals surface area contributed by atoms with E-state index in [-0.39, 0.29) is 5.91 Å². The Labute approximate surface area is 163 Å². The third-order valence-corrected chi connectivity index (χ3v) is 3.94. The molecule has 142 valence electrons. The third kappa shape index (κ3) is 7.54. The molecule has 0 radical (unpaired) electrons. The number of carbonyl (C=O) groups is 2. The van der Waals surface area contributed by atoms with E-state index in [9.17, 15) is 9.59 Å². The largest absolute Gasteiger partial charge is 0.494 e. The molecule has 27 heavy (non-hydrogen) atoms. The summed E-state index contributed by atoms with van der Waals surface area (Å²) in [7, 11) is 0. The predicted molar refractivity (Wildman–Crippen MR) is 106 cm³/mol. The van der Waals surface area contributed by atoms with E-state index in [0.29, 0.717) is 35.2 Å². The van der Waals surface area contributed by atoms with Crippen molar-refractivity contribution in [1.29, 1.82) is 0 Å². The van der Waals surface area contributed by atoms with E-state index in [1.807, 2.05) is 0 Å². The average Bonchev–Trinajstić information content (AvgIpc) is 2.69. The van der Waals surface area contributed by atoms with Gasteiger partial charge in [0.05, 0.1) is 13.2 Å². The molecule has 5 nitrogen and oxygen atoms in total. The van der Waals surface area contributed by atoms with Crippen LogP contribution in [0.1, 0.15) is 29.6 Å². The Morgan fingerprint density at radius 2 is 1.63 bits per heavy atom. The quantitative estimate of drug-likeness (QED) is 0.359. The van der Waals surface area contributed by atoms with Crippen LogP contribution in [0.15, 0.2) is 61.2 Å². The summed E-state index contributed by atoms with van der Waals surface area (Å²) in [6.07, 6.45) is 3.69. The zero-order valence-electron chi connectivity index (χ0n) is 14.9. The van der Waals surface area contributed by atoms with Gasteiger partial charge in [-0.1, -0.05) is 18.2 Å². The molecule has 0 aliphatic rings. The van der Waals surface area contributed by atoms with E-state index < -0.39 is 5.97 Å². The monoisotopic (exact) mass is 387 g/mol. The summed E-state index contributed by atoms with van der Waals surface area (Å²) in [6, 6.07) is 13.9. The molecule has 1 amide bonds. The van der Waals surface area contributed by atoms with E-state index in [0.717, 1.165) is 25.3 Å². The molecule has 1 N–H and O–H groups in total. The van der Waals surface area contributed by atoms with Crippen LogP contribution in [-0.4, -0.2) is 25.1 Å². The molecule has 0 spiro atoms. The molecule has 0 heterocycles. The van der Waals surface area contributed by atoms with Crippen molar-refractivity contribution in [2.45, 2.75) is 19.3 Å². The number of halogens is 1. The molecule has 0 fully saturated rings. The van der Waals surface area contributed by atoms with E-state index in [4.69, 9.17) is 21.1 Å². The summed E-state index contributed by atoms with van der Waals surface area (Å²) in [5.41, 5.74) is 1.23. The third-order valence-electron chi connectivity index (χ3n) is 3.69. The fraction of sp³-hybridized carbons (Fsp3) is 0.238. The summed E-state index contributed by atoms with van der Waals surface area (Å²) < 4.78 is 10.5. The summed E-state index contributed by atoms with van der Waals surface area (Å²) in [6.45, 7) is 4.29. The minimum Gasteiger partial charge on any atom is -0.494 e. The van der Waals surface area contributed by atoms with Gasteiger partial charge in [0.2, 0.25) is 0 Å². The van der Waals surface area contributed by atoms with Gasteiger partial charge in [-0.3, -0.25) is 4.79 Å². The first-order valence-corrected chi connectivity index (χ1v) is 9.05. The Balaban J connectivity index is 1.68. The normalized spacial score (nSPS) is 10.1. The molecule has 0 bridgehead atoms. The second-order valence-electron chi connectivity index (χ2n) is 5.77. The Kier molecular flexibility index (Phi) is 8.39. The summed E-state index contributed by atoms with van der Waals surface area (Å²) in [5.74, 6) is 0.112. The minimum absolute atomic E-state index is 0.196. The highest BCUT2D eigenvalue weighted by Gasteiger charge is 2.06. The highest BCUT2D eigenvalue weighted by atomic mass is 35.5. The summed E-state index contributed by atoms with van der Waals surface area (Å²) >= 11 is 5.83. The first-order chi connectivity index (χ1) is 13.1. The molecular weight excluding hydrogens is 366 g/mol. The molecule has 0 aliphatic heterocycles. The van der Waals surface area contributed by atoms with Gasteiger partial charge in [-0.05, 0) is 67.8 Å². The van der Waals surface area contributed by atoms with Gasteiger partial charge >= 0.3 is 5.97 Å². The lowest BCUT2D eigenvalue weighted by molar-refractivity contribution is -0.137. The summed E-state index contributed by atoms with van der Waals surface area (Å²) in [5, 5.41) is 3.43. The molecule has 0 saturated heterocycles. The van der Waals surface area contributed by atoms with Crippen LogP contribution in [0.3, 0.4) is 0 Å². The van der Waals surface area contributed by atoms with Crippen molar-refractivity contribution in [2.24, 2.45) is 0 Å². The van der Waals surface area contributed by atoms with Gasteiger partial charge in [-0.25, -0.2) is 4.79 Å². The summed E-state index contributed by atoms with van der Waals surface area (Å²) in [4.78, 5) is 23.1. The number of hydrogen-bond acceptors (Lipinski definition) is 4. The zero-order valence-corrected chi connectivity index (χ0v) is 15.7. The number of amides is 1. The number of ether oxygens (including phenoxy) is 2. The Morgan fingerprint density at radius 3 is 2.30 bits per heavy atom. The lowest BCUT2D eigenvalue weighted by Crippen LogP contribution is -2.11. The van der Waals surface area contributed by atoms with Crippen LogP contribution in [0.4, 0.5) is 5.69 Å². The fourth-order valence-electron chi connectivity index (χ4n) is 2.24. The van der Waals surface area contributed by atoms with E-state index >= 15 is 0 Å². The number of benzene rings is 2. The Morgan fingerprint density at radius 1 is 0.963 bits per heavy atom. The SMILES string of the molecule is C=CC(=O)OCCCCCOc1ccc(C(=O)Nc2ccc(Cl)cc2)cc1. The first kappa shape index (κ1) is 20.5. The van der Waals surface area contributed by atoms with Crippen LogP contribution >= 0.6 is 11.6 Å². The van der Waals surface area contributed by atoms with Gasteiger partial charge in [0.25, 0.3) is 5.91 Å². The molecule has 2 aromatic rings. The molecule has 0 saturated carbocycles. The number of esters is 1. The molecule has 0 atom stereocenters. The molecule has 6 heteroatoms. The van der Waals surface area contributed by atoms with Crippen molar-refractivity contribution >= 4 is 29.2 Å². The van der Waals surface area contributed by atoms with Gasteiger partial charge < -0.3 is 14.8 Å². The van der Waals surface area contributed by atoms with E-state index in [2.05, 4.69) is 11.9 Å². The topological polar surface area (TPSA) is 64.6 Å².